The average molecular weight is 413 g/mol. The van der Waals surface area contributed by atoms with E-state index in [0.717, 1.165) is 44.5 Å². The van der Waals surface area contributed by atoms with E-state index >= 15 is 0 Å². The van der Waals surface area contributed by atoms with Gasteiger partial charge in [-0.1, -0.05) is 6.07 Å². The van der Waals surface area contributed by atoms with Gasteiger partial charge >= 0.3 is 0 Å². The van der Waals surface area contributed by atoms with Crippen LogP contribution in [0.4, 0.5) is 16.0 Å². The Bertz CT molecular complexity index is 891. The van der Waals surface area contributed by atoms with Gasteiger partial charge in [0.15, 0.2) is 0 Å². The number of aromatic nitrogens is 2. The van der Waals surface area contributed by atoms with E-state index in [9.17, 15) is 9.18 Å². The highest BCUT2D eigenvalue weighted by molar-refractivity contribution is 5.95. The smallest absolute Gasteiger partial charge is 0.253 e. The van der Waals surface area contributed by atoms with E-state index in [1.54, 1.807) is 17.0 Å². The molecule has 1 aromatic heterocycles. The molecule has 160 valence electrons. The van der Waals surface area contributed by atoms with Gasteiger partial charge in [0.05, 0.1) is 12.1 Å². The van der Waals surface area contributed by atoms with Gasteiger partial charge in [0.25, 0.3) is 5.91 Å². The number of rotatable bonds is 4. The molecule has 2 aromatic rings. The maximum Gasteiger partial charge on any atom is 0.253 e. The van der Waals surface area contributed by atoms with Crippen molar-refractivity contribution in [2.75, 3.05) is 50.1 Å². The first kappa shape index (κ1) is 20.7. The number of carbonyl (C=O) groups is 1. The molecule has 2 fully saturated rings. The SMILES string of the molecule is CN(C)c1ncc(CN2CCCC3(CC2)CN(c2cccc(F)c2)C(=O)CO3)cn1. The summed E-state index contributed by atoms with van der Waals surface area (Å²) in [5, 5.41) is 0. The number of ether oxygens (including phenoxy) is 1. The summed E-state index contributed by atoms with van der Waals surface area (Å²) in [7, 11) is 3.84. The summed E-state index contributed by atoms with van der Waals surface area (Å²) in [5.74, 6) is 0.243. The molecule has 2 aliphatic heterocycles. The van der Waals surface area contributed by atoms with Crippen molar-refractivity contribution in [2.45, 2.75) is 31.4 Å². The first-order chi connectivity index (χ1) is 14.4. The van der Waals surface area contributed by atoms with Crippen LogP contribution >= 0.6 is 0 Å². The van der Waals surface area contributed by atoms with Crippen LogP contribution in [0.15, 0.2) is 36.7 Å². The van der Waals surface area contributed by atoms with E-state index in [1.165, 1.54) is 12.1 Å². The first-order valence-corrected chi connectivity index (χ1v) is 10.3. The normalized spacial score (nSPS) is 22.9. The number of halogens is 1. The third kappa shape index (κ3) is 4.60. The van der Waals surface area contributed by atoms with Crippen molar-refractivity contribution in [3.8, 4) is 0 Å². The number of nitrogens with zero attached hydrogens (tertiary/aromatic N) is 5. The highest BCUT2D eigenvalue weighted by atomic mass is 19.1. The van der Waals surface area contributed by atoms with Crippen LogP contribution in [0.2, 0.25) is 0 Å². The lowest BCUT2D eigenvalue weighted by molar-refractivity contribution is -0.140. The van der Waals surface area contributed by atoms with Gasteiger partial charge in [0, 0.05) is 50.8 Å². The Balaban J connectivity index is 1.42. The zero-order valence-electron chi connectivity index (χ0n) is 17.6. The second-order valence-corrected chi connectivity index (χ2v) is 8.35. The molecule has 0 saturated carbocycles. The van der Waals surface area contributed by atoms with E-state index in [1.807, 2.05) is 31.4 Å². The van der Waals surface area contributed by atoms with E-state index in [0.29, 0.717) is 18.2 Å². The van der Waals surface area contributed by atoms with Crippen LogP contribution in [0, 0.1) is 5.82 Å². The minimum Gasteiger partial charge on any atom is -0.363 e. The molecule has 1 aromatic carbocycles. The van der Waals surface area contributed by atoms with Crippen LogP contribution < -0.4 is 9.80 Å². The molecule has 7 nitrogen and oxygen atoms in total. The molecule has 3 heterocycles. The van der Waals surface area contributed by atoms with E-state index in [-0.39, 0.29) is 23.9 Å². The molecule has 8 heteroatoms. The number of anilines is 2. The average Bonchev–Trinajstić information content (AvgIpc) is 2.93. The maximum absolute atomic E-state index is 13.7. The van der Waals surface area contributed by atoms with Gasteiger partial charge in [-0.15, -0.1) is 0 Å². The Hall–Kier alpha value is -2.58. The lowest BCUT2D eigenvalue weighted by Gasteiger charge is -2.42. The number of carbonyl (C=O) groups excluding carboxylic acids is 1. The van der Waals surface area contributed by atoms with Gasteiger partial charge in [-0.2, -0.15) is 0 Å². The molecule has 30 heavy (non-hydrogen) atoms. The van der Waals surface area contributed by atoms with Crippen LogP contribution in [-0.4, -0.2) is 66.7 Å². The largest absolute Gasteiger partial charge is 0.363 e. The Kier molecular flexibility index (Phi) is 5.97. The van der Waals surface area contributed by atoms with Crippen molar-refractivity contribution in [1.82, 2.24) is 14.9 Å². The fourth-order valence-corrected chi connectivity index (χ4v) is 4.20. The third-order valence-corrected chi connectivity index (χ3v) is 5.86. The lowest BCUT2D eigenvalue weighted by Crippen LogP contribution is -2.55. The minimum absolute atomic E-state index is 0.0380. The van der Waals surface area contributed by atoms with Crippen molar-refractivity contribution in [3.63, 3.8) is 0 Å². The molecule has 0 radical (unpaired) electrons. The number of morpholine rings is 1. The number of amides is 1. The van der Waals surface area contributed by atoms with Gasteiger partial charge < -0.3 is 14.5 Å². The van der Waals surface area contributed by atoms with Gasteiger partial charge in [0.1, 0.15) is 12.4 Å². The predicted octanol–water partition coefficient (Wildman–Crippen LogP) is 2.47. The summed E-state index contributed by atoms with van der Waals surface area (Å²) in [6.07, 6.45) is 6.43. The topological polar surface area (TPSA) is 61.8 Å². The molecule has 0 aliphatic carbocycles. The van der Waals surface area contributed by atoms with Crippen molar-refractivity contribution in [3.05, 3.63) is 48.0 Å². The molecular formula is C22H28FN5O2. The summed E-state index contributed by atoms with van der Waals surface area (Å²) in [4.78, 5) is 27.2. The standard InChI is InChI=1S/C22H28FN5O2/c1-26(2)21-24-12-17(13-25-21)14-27-9-4-7-22(8-10-27)16-28(20(29)15-30-22)19-6-3-5-18(23)11-19/h3,5-6,11-13H,4,7-10,14-16H2,1-2H3. The van der Waals surface area contributed by atoms with Crippen LogP contribution in [0.5, 0.6) is 0 Å². The Morgan fingerprint density at radius 3 is 2.73 bits per heavy atom. The summed E-state index contributed by atoms with van der Waals surface area (Å²) in [6, 6.07) is 6.22. The van der Waals surface area contributed by atoms with Crippen molar-refractivity contribution in [1.29, 1.82) is 0 Å². The van der Waals surface area contributed by atoms with Crippen LogP contribution in [-0.2, 0) is 16.1 Å². The molecular weight excluding hydrogens is 385 g/mol. The van der Waals surface area contributed by atoms with Crippen LogP contribution in [0.1, 0.15) is 24.8 Å². The molecule has 0 bridgehead atoms. The van der Waals surface area contributed by atoms with Gasteiger partial charge in [-0.05, 0) is 44.0 Å². The molecule has 1 atom stereocenters. The summed E-state index contributed by atoms with van der Waals surface area (Å²) in [5.41, 5.74) is 1.29. The number of hydrogen-bond donors (Lipinski definition) is 0. The Morgan fingerprint density at radius 2 is 2.00 bits per heavy atom. The first-order valence-electron chi connectivity index (χ1n) is 10.3. The van der Waals surface area contributed by atoms with Crippen molar-refractivity contribution >= 4 is 17.5 Å². The zero-order chi connectivity index (χ0) is 21.1. The summed E-state index contributed by atoms with van der Waals surface area (Å²) < 4.78 is 19.8. The van der Waals surface area contributed by atoms with Crippen LogP contribution in [0.3, 0.4) is 0 Å². The molecule has 1 amide bonds. The molecule has 1 unspecified atom stereocenters. The zero-order valence-corrected chi connectivity index (χ0v) is 17.6. The number of benzene rings is 1. The van der Waals surface area contributed by atoms with Gasteiger partial charge in [-0.3, -0.25) is 9.69 Å². The Labute approximate surface area is 176 Å². The van der Waals surface area contributed by atoms with E-state index < -0.39 is 0 Å². The molecule has 1 spiro atoms. The molecule has 0 N–H and O–H groups in total. The highest BCUT2D eigenvalue weighted by Gasteiger charge is 2.41. The highest BCUT2D eigenvalue weighted by Crippen LogP contribution is 2.33. The molecule has 4 rings (SSSR count). The fourth-order valence-electron chi connectivity index (χ4n) is 4.20. The molecule has 2 saturated heterocycles. The number of likely N-dealkylation sites (tertiary alicyclic amines) is 1. The number of hydrogen-bond acceptors (Lipinski definition) is 6. The predicted molar refractivity (Wildman–Crippen MR) is 113 cm³/mol. The van der Waals surface area contributed by atoms with Crippen molar-refractivity contribution < 1.29 is 13.9 Å². The van der Waals surface area contributed by atoms with Gasteiger partial charge in [-0.25, -0.2) is 14.4 Å². The Morgan fingerprint density at radius 1 is 1.20 bits per heavy atom. The van der Waals surface area contributed by atoms with E-state index in [4.69, 9.17) is 4.74 Å². The monoisotopic (exact) mass is 413 g/mol. The third-order valence-electron chi connectivity index (χ3n) is 5.86. The summed E-state index contributed by atoms with van der Waals surface area (Å²) >= 11 is 0. The quantitative estimate of drug-likeness (QED) is 0.768. The maximum atomic E-state index is 13.7. The fraction of sp³-hybridized carbons (Fsp3) is 0.500. The van der Waals surface area contributed by atoms with Crippen molar-refractivity contribution in [2.24, 2.45) is 0 Å². The van der Waals surface area contributed by atoms with Gasteiger partial charge in [0.2, 0.25) is 5.95 Å². The molecule has 2 aliphatic rings. The second-order valence-electron chi connectivity index (χ2n) is 8.35. The minimum atomic E-state index is -0.389. The summed E-state index contributed by atoms with van der Waals surface area (Å²) in [6.45, 7) is 3.10. The second kappa shape index (κ2) is 8.65. The lowest BCUT2D eigenvalue weighted by atomic mass is 9.92. The van der Waals surface area contributed by atoms with E-state index in [2.05, 4.69) is 14.9 Å². The van der Waals surface area contributed by atoms with Crippen LogP contribution in [0.25, 0.3) is 0 Å².